The van der Waals surface area contributed by atoms with Crippen molar-refractivity contribution < 1.29 is 9.90 Å². The zero-order valence-electron chi connectivity index (χ0n) is 9.16. The van der Waals surface area contributed by atoms with Crippen LogP contribution in [-0.2, 0) is 10.2 Å². The number of aliphatic carboxylic acids is 1. The van der Waals surface area contributed by atoms with Crippen molar-refractivity contribution in [2.24, 2.45) is 0 Å². The summed E-state index contributed by atoms with van der Waals surface area (Å²) in [5.74, 6) is -0.817. The Morgan fingerprint density at radius 1 is 1.47 bits per heavy atom. The SMILES string of the molecule is CCCC(C)(C(=O)O)c1ccccc1N. The van der Waals surface area contributed by atoms with Gasteiger partial charge in [-0.3, -0.25) is 4.79 Å². The van der Waals surface area contributed by atoms with Gasteiger partial charge in [0.2, 0.25) is 0 Å². The van der Waals surface area contributed by atoms with E-state index in [0.29, 0.717) is 17.7 Å². The van der Waals surface area contributed by atoms with E-state index in [9.17, 15) is 9.90 Å². The Morgan fingerprint density at radius 2 is 2.07 bits per heavy atom. The summed E-state index contributed by atoms with van der Waals surface area (Å²) in [6.07, 6.45) is 1.41. The van der Waals surface area contributed by atoms with E-state index >= 15 is 0 Å². The van der Waals surface area contributed by atoms with Gasteiger partial charge in [0, 0.05) is 5.69 Å². The molecule has 3 nitrogen and oxygen atoms in total. The standard InChI is InChI=1S/C12H17NO2/c1-3-8-12(2,11(14)15)9-6-4-5-7-10(9)13/h4-7H,3,8,13H2,1-2H3,(H,14,15). The third kappa shape index (κ3) is 2.12. The van der Waals surface area contributed by atoms with E-state index in [0.717, 1.165) is 6.42 Å². The van der Waals surface area contributed by atoms with Crippen molar-refractivity contribution in [3.63, 3.8) is 0 Å². The zero-order chi connectivity index (χ0) is 11.5. The molecule has 0 radical (unpaired) electrons. The molecule has 0 aliphatic carbocycles. The predicted octanol–water partition coefficient (Wildman–Crippen LogP) is 2.41. The first-order valence-electron chi connectivity index (χ1n) is 5.10. The average Bonchev–Trinajstić information content (AvgIpc) is 2.18. The highest BCUT2D eigenvalue weighted by Gasteiger charge is 2.35. The molecule has 0 aliphatic heterocycles. The van der Waals surface area contributed by atoms with Crippen molar-refractivity contribution in [3.8, 4) is 0 Å². The first kappa shape index (κ1) is 11.6. The highest BCUT2D eigenvalue weighted by Crippen LogP contribution is 2.33. The van der Waals surface area contributed by atoms with E-state index in [-0.39, 0.29) is 0 Å². The molecular weight excluding hydrogens is 190 g/mol. The monoisotopic (exact) mass is 207 g/mol. The van der Waals surface area contributed by atoms with Crippen LogP contribution in [0.15, 0.2) is 24.3 Å². The van der Waals surface area contributed by atoms with Crippen LogP contribution in [0.1, 0.15) is 32.3 Å². The maximum atomic E-state index is 11.3. The lowest BCUT2D eigenvalue weighted by Crippen LogP contribution is -2.33. The third-order valence-corrected chi connectivity index (χ3v) is 2.78. The van der Waals surface area contributed by atoms with Crippen molar-refractivity contribution >= 4 is 11.7 Å². The molecule has 0 heterocycles. The molecule has 0 aliphatic rings. The number of rotatable bonds is 4. The minimum Gasteiger partial charge on any atom is -0.481 e. The van der Waals surface area contributed by atoms with E-state index < -0.39 is 11.4 Å². The number of carbonyl (C=O) groups is 1. The lowest BCUT2D eigenvalue weighted by Gasteiger charge is -2.26. The molecule has 1 atom stereocenters. The maximum absolute atomic E-state index is 11.3. The van der Waals surface area contributed by atoms with Gasteiger partial charge in [-0.25, -0.2) is 0 Å². The van der Waals surface area contributed by atoms with Crippen molar-refractivity contribution in [1.82, 2.24) is 0 Å². The van der Waals surface area contributed by atoms with E-state index in [2.05, 4.69) is 0 Å². The number of hydrogen-bond acceptors (Lipinski definition) is 2. The van der Waals surface area contributed by atoms with E-state index in [1.807, 2.05) is 19.1 Å². The highest BCUT2D eigenvalue weighted by atomic mass is 16.4. The second kappa shape index (κ2) is 4.34. The van der Waals surface area contributed by atoms with Crippen molar-refractivity contribution in [1.29, 1.82) is 0 Å². The summed E-state index contributed by atoms with van der Waals surface area (Å²) in [6, 6.07) is 7.17. The minimum absolute atomic E-state index is 0.552. The largest absolute Gasteiger partial charge is 0.481 e. The van der Waals surface area contributed by atoms with E-state index in [4.69, 9.17) is 5.73 Å². The van der Waals surface area contributed by atoms with Crippen molar-refractivity contribution in [2.75, 3.05) is 5.73 Å². The molecule has 0 spiro atoms. The Labute approximate surface area is 89.9 Å². The Bertz CT molecular complexity index is 362. The number of carboxylic acids is 1. The van der Waals surface area contributed by atoms with Crippen LogP contribution in [0.5, 0.6) is 0 Å². The number of benzene rings is 1. The smallest absolute Gasteiger partial charge is 0.313 e. The number of anilines is 1. The fourth-order valence-electron chi connectivity index (χ4n) is 1.86. The Kier molecular flexibility index (Phi) is 3.35. The van der Waals surface area contributed by atoms with Gasteiger partial charge in [-0.2, -0.15) is 0 Å². The molecule has 0 amide bonds. The summed E-state index contributed by atoms with van der Waals surface area (Å²) in [5, 5.41) is 9.29. The van der Waals surface area contributed by atoms with Crippen molar-refractivity contribution in [2.45, 2.75) is 32.1 Å². The number of hydrogen-bond donors (Lipinski definition) is 2. The topological polar surface area (TPSA) is 63.3 Å². The normalized spacial score (nSPS) is 14.5. The Balaban J connectivity index is 3.21. The summed E-state index contributed by atoms with van der Waals surface area (Å²) >= 11 is 0. The van der Waals surface area contributed by atoms with E-state index in [1.165, 1.54) is 0 Å². The molecule has 3 heteroatoms. The summed E-state index contributed by atoms with van der Waals surface area (Å²) in [6.45, 7) is 3.70. The number of para-hydroxylation sites is 1. The zero-order valence-corrected chi connectivity index (χ0v) is 9.16. The molecule has 0 fully saturated rings. The van der Waals surface area contributed by atoms with E-state index in [1.54, 1.807) is 19.1 Å². The fourth-order valence-corrected chi connectivity index (χ4v) is 1.86. The van der Waals surface area contributed by atoms with Gasteiger partial charge in [-0.1, -0.05) is 31.5 Å². The Hall–Kier alpha value is -1.51. The van der Waals surface area contributed by atoms with Gasteiger partial charge in [0.25, 0.3) is 0 Å². The minimum atomic E-state index is -0.875. The van der Waals surface area contributed by atoms with Crippen LogP contribution in [-0.4, -0.2) is 11.1 Å². The molecular formula is C12H17NO2. The Morgan fingerprint density at radius 3 is 2.53 bits per heavy atom. The molecule has 1 aromatic carbocycles. The summed E-state index contributed by atoms with van der Waals surface area (Å²) < 4.78 is 0. The van der Waals surface area contributed by atoms with Gasteiger partial charge in [-0.05, 0) is 25.0 Å². The molecule has 3 N–H and O–H groups in total. The maximum Gasteiger partial charge on any atom is 0.313 e. The van der Waals surface area contributed by atoms with Crippen LogP contribution in [0.2, 0.25) is 0 Å². The molecule has 0 bridgehead atoms. The van der Waals surface area contributed by atoms with Gasteiger partial charge >= 0.3 is 5.97 Å². The van der Waals surface area contributed by atoms with Crippen LogP contribution in [0, 0.1) is 0 Å². The molecule has 1 unspecified atom stereocenters. The average molecular weight is 207 g/mol. The third-order valence-electron chi connectivity index (χ3n) is 2.78. The first-order chi connectivity index (χ1) is 7.02. The molecule has 82 valence electrons. The summed E-state index contributed by atoms with van der Waals surface area (Å²) in [4.78, 5) is 11.3. The second-order valence-electron chi connectivity index (χ2n) is 3.97. The van der Waals surface area contributed by atoms with Crippen LogP contribution in [0.4, 0.5) is 5.69 Å². The molecule has 0 saturated carbocycles. The molecule has 1 rings (SSSR count). The van der Waals surface area contributed by atoms with Crippen LogP contribution in [0.25, 0.3) is 0 Å². The van der Waals surface area contributed by atoms with Gasteiger partial charge in [0.1, 0.15) is 0 Å². The van der Waals surface area contributed by atoms with Crippen molar-refractivity contribution in [3.05, 3.63) is 29.8 Å². The van der Waals surface area contributed by atoms with Crippen LogP contribution < -0.4 is 5.73 Å². The number of nitrogen functional groups attached to an aromatic ring is 1. The molecule has 15 heavy (non-hydrogen) atoms. The predicted molar refractivity (Wildman–Crippen MR) is 60.8 cm³/mol. The molecule has 1 aromatic rings. The van der Waals surface area contributed by atoms with Crippen LogP contribution >= 0.6 is 0 Å². The molecule has 0 saturated heterocycles. The number of nitrogens with two attached hydrogens (primary N) is 1. The molecule has 0 aromatic heterocycles. The van der Waals surface area contributed by atoms with Crippen LogP contribution in [0.3, 0.4) is 0 Å². The quantitative estimate of drug-likeness (QED) is 0.745. The summed E-state index contributed by atoms with van der Waals surface area (Å²) in [7, 11) is 0. The first-order valence-corrected chi connectivity index (χ1v) is 5.10. The fraction of sp³-hybridized carbons (Fsp3) is 0.417. The van der Waals surface area contributed by atoms with Gasteiger partial charge in [0.05, 0.1) is 5.41 Å². The lowest BCUT2D eigenvalue weighted by atomic mass is 9.78. The van der Waals surface area contributed by atoms with Gasteiger partial charge in [0.15, 0.2) is 0 Å². The second-order valence-corrected chi connectivity index (χ2v) is 3.97. The number of carboxylic acid groups (broad SMARTS) is 1. The highest BCUT2D eigenvalue weighted by molar-refractivity contribution is 5.83. The lowest BCUT2D eigenvalue weighted by molar-refractivity contribution is -0.143. The summed E-state index contributed by atoms with van der Waals surface area (Å²) in [5.41, 5.74) is 6.20. The van der Waals surface area contributed by atoms with Gasteiger partial charge < -0.3 is 10.8 Å². The van der Waals surface area contributed by atoms with Gasteiger partial charge in [-0.15, -0.1) is 0 Å².